The highest BCUT2D eigenvalue weighted by molar-refractivity contribution is 7.80. The summed E-state index contributed by atoms with van der Waals surface area (Å²) in [6.07, 6.45) is 0.0876. The van der Waals surface area contributed by atoms with Crippen LogP contribution in [0.3, 0.4) is 0 Å². The molecule has 0 atom stereocenters. The van der Waals surface area contributed by atoms with Crippen LogP contribution in [0.4, 0.5) is 0 Å². The number of carbonyl (C=O) groups is 2. The first-order valence-corrected chi connectivity index (χ1v) is 9.26. The van der Waals surface area contributed by atoms with E-state index in [9.17, 15) is 9.59 Å². The molecule has 0 unspecified atom stereocenters. The lowest BCUT2D eigenvalue weighted by Crippen LogP contribution is -2.47. The summed E-state index contributed by atoms with van der Waals surface area (Å²) in [5.74, 6) is 0.134. The second-order valence-electron chi connectivity index (χ2n) is 5.69. The predicted octanol–water partition coefficient (Wildman–Crippen LogP) is 2.16. The number of methoxy groups -OCH3 is 1. The molecule has 2 aromatic rings. The lowest BCUT2D eigenvalue weighted by molar-refractivity contribution is -0.121. The van der Waals surface area contributed by atoms with Crippen LogP contribution in [-0.2, 0) is 11.3 Å². The Morgan fingerprint density at radius 2 is 1.75 bits per heavy atom. The molecule has 2 aromatic carbocycles. The molecule has 148 valence electrons. The van der Waals surface area contributed by atoms with Gasteiger partial charge in [0.15, 0.2) is 5.11 Å². The maximum absolute atomic E-state index is 12.0. The van der Waals surface area contributed by atoms with Crippen molar-refractivity contribution in [3.8, 4) is 5.75 Å². The Morgan fingerprint density at radius 1 is 1.04 bits per heavy atom. The van der Waals surface area contributed by atoms with Crippen LogP contribution in [0.5, 0.6) is 5.75 Å². The van der Waals surface area contributed by atoms with Crippen molar-refractivity contribution in [2.24, 2.45) is 0 Å². The van der Waals surface area contributed by atoms with Gasteiger partial charge in [0.2, 0.25) is 5.91 Å². The van der Waals surface area contributed by atoms with E-state index in [0.717, 1.165) is 11.3 Å². The van der Waals surface area contributed by atoms with E-state index in [0.29, 0.717) is 17.1 Å². The number of hydrogen-bond donors (Lipinski definition) is 4. The molecule has 28 heavy (non-hydrogen) atoms. The van der Waals surface area contributed by atoms with E-state index >= 15 is 0 Å². The van der Waals surface area contributed by atoms with Gasteiger partial charge in [-0.2, -0.15) is 0 Å². The van der Waals surface area contributed by atoms with Crippen LogP contribution < -0.4 is 26.2 Å². The van der Waals surface area contributed by atoms with Crippen molar-refractivity contribution in [2.45, 2.75) is 13.0 Å². The smallest absolute Gasteiger partial charge is 0.252 e. The van der Waals surface area contributed by atoms with Gasteiger partial charge >= 0.3 is 0 Å². The number of ether oxygens (including phenoxy) is 1. The number of rotatable bonds is 7. The minimum absolute atomic E-state index is 0.0876. The zero-order chi connectivity index (χ0) is 20.4. The number of hydrogen-bond acceptors (Lipinski definition) is 4. The van der Waals surface area contributed by atoms with Gasteiger partial charge < -0.3 is 15.4 Å². The topological polar surface area (TPSA) is 91.5 Å². The maximum Gasteiger partial charge on any atom is 0.252 e. The Morgan fingerprint density at radius 3 is 2.43 bits per heavy atom. The molecule has 4 N–H and O–H groups in total. The summed E-state index contributed by atoms with van der Waals surface area (Å²) in [6, 6.07) is 14.2. The van der Waals surface area contributed by atoms with Gasteiger partial charge in [-0.05, 0) is 42.0 Å². The van der Waals surface area contributed by atoms with Crippen LogP contribution in [0.2, 0.25) is 5.02 Å². The third-order valence-corrected chi connectivity index (χ3v) is 4.26. The van der Waals surface area contributed by atoms with Gasteiger partial charge in [-0.3, -0.25) is 20.4 Å². The highest BCUT2D eigenvalue weighted by Gasteiger charge is 2.09. The molecule has 0 aliphatic carbocycles. The molecule has 2 rings (SSSR count). The molecule has 2 amide bonds. The van der Waals surface area contributed by atoms with Crippen LogP contribution in [-0.4, -0.2) is 30.6 Å². The fraction of sp³-hybridized carbons (Fsp3) is 0.211. The molecule has 0 aromatic heterocycles. The Bertz CT molecular complexity index is 830. The van der Waals surface area contributed by atoms with Crippen molar-refractivity contribution in [2.75, 3.05) is 13.7 Å². The molecule has 7 nitrogen and oxygen atoms in total. The quantitative estimate of drug-likeness (QED) is 0.405. The molecular formula is C19H21ClN4O3S. The fourth-order valence-electron chi connectivity index (χ4n) is 2.19. The zero-order valence-corrected chi connectivity index (χ0v) is 16.8. The summed E-state index contributed by atoms with van der Waals surface area (Å²) in [6.45, 7) is 0.670. The molecule has 0 aliphatic rings. The highest BCUT2D eigenvalue weighted by Crippen LogP contribution is 2.14. The molecule has 0 saturated carbocycles. The molecule has 0 fully saturated rings. The lowest BCUT2D eigenvalue weighted by Gasteiger charge is -2.12. The van der Waals surface area contributed by atoms with Crippen LogP contribution in [0, 0.1) is 0 Å². The van der Waals surface area contributed by atoms with Crippen molar-refractivity contribution < 1.29 is 14.3 Å². The monoisotopic (exact) mass is 420 g/mol. The third-order valence-electron chi connectivity index (χ3n) is 3.68. The van der Waals surface area contributed by atoms with Crippen molar-refractivity contribution in [3.63, 3.8) is 0 Å². The van der Waals surface area contributed by atoms with Gasteiger partial charge in [-0.15, -0.1) is 0 Å². The number of nitrogens with one attached hydrogen (secondary N) is 4. The number of carbonyl (C=O) groups excluding carboxylic acids is 2. The van der Waals surface area contributed by atoms with Crippen molar-refractivity contribution >= 4 is 40.7 Å². The molecule has 0 bridgehead atoms. The summed E-state index contributed by atoms with van der Waals surface area (Å²) in [5.41, 5.74) is 6.47. The number of halogens is 1. The molecular weight excluding hydrogens is 400 g/mol. The average Bonchev–Trinajstić information content (AvgIpc) is 2.71. The molecule has 0 heterocycles. The lowest BCUT2D eigenvalue weighted by atomic mass is 10.2. The standard InChI is InChI=1S/C19H21ClN4O3S/c1-27-14-8-6-13(7-9-14)12-22-19(28)24-23-17(25)10-11-21-18(26)15-4-2-3-5-16(15)20/h2-9H,10-12H2,1H3,(H,21,26)(H,23,25)(H2,22,24,28). The van der Waals surface area contributed by atoms with Crippen molar-refractivity contribution in [1.82, 2.24) is 21.5 Å². The Labute approximate surface area is 173 Å². The minimum atomic E-state index is -0.331. The first kappa shape index (κ1) is 21.5. The predicted molar refractivity (Wildman–Crippen MR) is 112 cm³/mol. The Balaban J connectivity index is 1.62. The highest BCUT2D eigenvalue weighted by atomic mass is 35.5. The van der Waals surface area contributed by atoms with Crippen LogP contribution in [0.1, 0.15) is 22.3 Å². The molecule has 0 saturated heterocycles. The number of thiocarbonyl (C=S) groups is 1. The van der Waals surface area contributed by atoms with E-state index < -0.39 is 0 Å². The Kier molecular flexibility index (Phi) is 8.51. The van der Waals surface area contributed by atoms with E-state index in [1.165, 1.54) is 0 Å². The largest absolute Gasteiger partial charge is 0.497 e. The molecule has 0 spiro atoms. The second kappa shape index (κ2) is 11.1. The van der Waals surface area contributed by atoms with E-state index in [1.54, 1.807) is 31.4 Å². The first-order chi connectivity index (χ1) is 13.5. The summed E-state index contributed by atoms with van der Waals surface area (Å²) < 4.78 is 5.10. The minimum Gasteiger partial charge on any atom is -0.497 e. The first-order valence-electron chi connectivity index (χ1n) is 8.48. The van der Waals surface area contributed by atoms with Gasteiger partial charge in [0, 0.05) is 19.5 Å². The van der Waals surface area contributed by atoms with Gasteiger partial charge in [-0.1, -0.05) is 35.9 Å². The number of amides is 2. The average molecular weight is 421 g/mol. The fourth-order valence-corrected chi connectivity index (χ4v) is 2.53. The number of hydrazine groups is 1. The second-order valence-corrected chi connectivity index (χ2v) is 6.51. The molecule has 0 radical (unpaired) electrons. The van der Waals surface area contributed by atoms with Crippen LogP contribution >= 0.6 is 23.8 Å². The van der Waals surface area contributed by atoms with Gasteiger partial charge in [0.25, 0.3) is 5.91 Å². The van der Waals surface area contributed by atoms with Crippen LogP contribution in [0.15, 0.2) is 48.5 Å². The Hall–Kier alpha value is -2.84. The summed E-state index contributed by atoms with van der Waals surface area (Å²) in [4.78, 5) is 23.8. The summed E-state index contributed by atoms with van der Waals surface area (Å²) >= 11 is 11.1. The molecule has 9 heteroatoms. The van der Waals surface area contributed by atoms with Crippen LogP contribution in [0.25, 0.3) is 0 Å². The molecule has 0 aliphatic heterocycles. The van der Waals surface area contributed by atoms with Crippen molar-refractivity contribution in [3.05, 3.63) is 64.7 Å². The van der Waals surface area contributed by atoms with E-state index in [2.05, 4.69) is 21.5 Å². The third kappa shape index (κ3) is 7.05. The van der Waals surface area contributed by atoms with Gasteiger partial charge in [-0.25, -0.2) is 0 Å². The maximum atomic E-state index is 12.0. The SMILES string of the molecule is COc1ccc(CNC(=S)NNC(=O)CCNC(=O)c2ccccc2Cl)cc1. The van der Waals surface area contributed by atoms with Crippen molar-refractivity contribution in [1.29, 1.82) is 0 Å². The normalized spacial score (nSPS) is 9.93. The van der Waals surface area contributed by atoms with E-state index in [-0.39, 0.29) is 29.9 Å². The van der Waals surface area contributed by atoms with Gasteiger partial charge in [0.1, 0.15) is 5.75 Å². The van der Waals surface area contributed by atoms with E-state index in [1.807, 2.05) is 24.3 Å². The zero-order valence-electron chi connectivity index (χ0n) is 15.3. The van der Waals surface area contributed by atoms with Gasteiger partial charge in [0.05, 0.1) is 17.7 Å². The van der Waals surface area contributed by atoms with E-state index in [4.69, 9.17) is 28.6 Å². The summed E-state index contributed by atoms with van der Waals surface area (Å²) in [7, 11) is 1.61. The summed E-state index contributed by atoms with van der Waals surface area (Å²) in [5, 5.41) is 6.26. The number of benzene rings is 2.